The number of furan rings is 2. The summed E-state index contributed by atoms with van der Waals surface area (Å²) in [5, 5.41) is 6.59. The molecule has 0 radical (unpaired) electrons. The van der Waals surface area contributed by atoms with Crippen molar-refractivity contribution in [2.75, 3.05) is 0 Å². The molecule has 12 aromatic rings. The summed E-state index contributed by atoms with van der Waals surface area (Å²) in [5.41, 5.74) is 13.9. The van der Waals surface area contributed by atoms with Gasteiger partial charge in [-0.2, -0.15) is 0 Å². The van der Waals surface area contributed by atoms with Crippen LogP contribution in [0.15, 0.2) is 203 Å². The minimum atomic E-state index is 0.291. The van der Waals surface area contributed by atoms with Gasteiger partial charge in [0.05, 0.1) is 27.8 Å². The van der Waals surface area contributed by atoms with Crippen LogP contribution in [0.1, 0.15) is 17.9 Å². The van der Waals surface area contributed by atoms with Gasteiger partial charge in [-0.05, 0) is 78.2 Å². The number of fused-ring (bicyclic) bond motifs is 11. The monoisotopic (exact) mass is 769 g/mol. The molecular weight excluding hydrogens is 735 g/mol. The van der Waals surface area contributed by atoms with Crippen molar-refractivity contribution in [2.45, 2.75) is 12.3 Å². The molecule has 1 unspecified atom stereocenters. The van der Waals surface area contributed by atoms with E-state index in [2.05, 4.69) is 197 Å². The summed E-state index contributed by atoms with van der Waals surface area (Å²) in [6.07, 6.45) is 9.80. The Morgan fingerprint density at radius 3 is 2.15 bits per heavy atom. The fraction of sp³-hybridized carbons (Fsp3) is 0.0364. The number of rotatable bonds is 5. The largest absolute Gasteiger partial charge is 0.454 e. The fourth-order valence-corrected chi connectivity index (χ4v) is 9.77. The van der Waals surface area contributed by atoms with Gasteiger partial charge in [0.2, 0.25) is 0 Å². The van der Waals surface area contributed by atoms with E-state index in [4.69, 9.17) is 13.8 Å². The highest BCUT2D eigenvalue weighted by atomic mass is 16.3. The van der Waals surface area contributed by atoms with E-state index in [0.29, 0.717) is 5.92 Å². The minimum Gasteiger partial charge on any atom is -0.454 e. The first kappa shape index (κ1) is 33.1. The van der Waals surface area contributed by atoms with Crippen LogP contribution in [0.25, 0.3) is 111 Å². The molecule has 282 valence electrons. The van der Waals surface area contributed by atoms with Gasteiger partial charge in [-0.15, -0.1) is 0 Å². The molecule has 5 heteroatoms. The molecule has 13 rings (SSSR count). The first-order valence-corrected chi connectivity index (χ1v) is 20.6. The lowest BCUT2D eigenvalue weighted by Crippen LogP contribution is -2.00. The second kappa shape index (κ2) is 12.8. The van der Waals surface area contributed by atoms with Crippen LogP contribution in [0, 0.1) is 0 Å². The maximum atomic E-state index is 7.42. The lowest BCUT2D eigenvalue weighted by atomic mass is 9.89. The van der Waals surface area contributed by atoms with Crippen molar-refractivity contribution in [3.8, 4) is 33.9 Å². The zero-order valence-corrected chi connectivity index (χ0v) is 32.4. The van der Waals surface area contributed by atoms with Crippen LogP contribution >= 0.6 is 0 Å². The predicted octanol–water partition coefficient (Wildman–Crippen LogP) is 14.9. The average molecular weight is 770 g/mol. The molecule has 4 heterocycles. The third kappa shape index (κ3) is 4.77. The molecule has 4 aromatic heterocycles. The first-order valence-electron chi connectivity index (χ1n) is 20.6. The number of imidazole rings is 1. The van der Waals surface area contributed by atoms with E-state index in [9.17, 15) is 0 Å². The van der Waals surface area contributed by atoms with E-state index >= 15 is 0 Å². The normalized spacial score (nSPS) is 14.3. The maximum absolute atomic E-state index is 7.42. The van der Waals surface area contributed by atoms with Crippen molar-refractivity contribution in [1.82, 2.24) is 14.1 Å². The van der Waals surface area contributed by atoms with Crippen molar-refractivity contribution in [2.24, 2.45) is 0 Å². The Morgan fingerprint density at radius 2 is 1.25 bits per heavy atom. The Kier molecular flexibility index (Phi) is 7.07. The van der Waals surface area contributed by atoms with Crippen LogP contribution in [-0.2, 0) is 0 Å². The van der Waals surface area contributed by atoms with Crippen molar-refractivity contribution in [3.05, 3.63) is 200 Å². The molecule has 0 fully saturated rings. The molecule has 0 N–H and O–H groups in total. The van der Waals surface area contributed by atoms with Crippen LogP contribution < -0.4 is 0 Å². The SMILES string of the molecule is C1=CCC(c2cccc(-c3c(-c4nc5ccccc5n4-c4ccccc4)ccc4c3oc3c(-n5c6ccccc6c6ccc7c8ccccc8oc7c65)cccc34)c2)C=C1. The molecular formula is C55H35N3O2. The Morgan fingerprint density at radius 1 is 0.517 bits per heavy atom. The standard InChI is InChI=1S/C55H35N3O2/c1-3-15-34(16-4-1)35-17-13-18-36(33-35)50-44(55-56-45-24-9-11-26-47(45)57(55)37-19-5-2-6-20-37)32-31-43-41-23-14-27-48(52(41)60-53(43)50)58-46-25-10-7-21-38(46)40-29-30-42-39-22-8-12-28-49(39)59-54(42)51(40)58/h1-15,17-34H,16H2. The smallest absolute Gasteiger partial charge is 0.160 e. The van der Waals surface area contributed by atoms with E-state index in [1.807, 2.05) is 6.07 Å². The van der Waals surface area contributed by atoms with E-state index < -0.39 is 0 Å². The van der Waals surface area contributed by atoms with Gasteiger partial charge in [-0.3, -0.25) is 4.57 Å². The van der Waals surface area contributed by atoms with Crippen LogP contribution in [0.3, 0.4) is 0 Å². The lowest BCUT2D eigenvalue weighted by Gasteiger charge is -2.17. The summed E-state index contributed by atoms with van der Waals surface area (Å²) in [6.45, 7) is 0. The summed E-state index contributed by atoms with van der Waals surface area (Å²) >= 11 is 0. The van der Waals surface area contributed by atoms with Gasteiger partial charge in [-0.25, -0.2) is 4.98 Å². The number of hydrogen-bond donors (Lipinski definition) is 0. The topological polar surface area (TPSA) is 49.0 Å². The highest BCUT2D eigenvalue weighted by molar-refractivity contribution is 6.22. The summed E-state index contributed by atoms with van der Waals surface area (Å²) in [4.78, 5) is 5.38. The molecule has 1 aliphatic carbocycles. The molecule has 0 saturated heterocycles. The van der Waals surface area contributed by atoms with E-state index in [0.717, 1.165) is 117 Å². The van der Waals surface area contributed by atoms with Gasteiger partial charge in [0.15, 0.2) is 11.2 Å². The highest BCUT2D eigenvalue weighted by Gasteiger charge is 2.26. The molecule has 1 atom stereocenters. The third-order valence-corrected chi connectivity index (χ3v) is 12.5. The Hall–Kier alpha value is -7.89. The molecule has 5 nitrogen and oxygen atoms in total. The highest BCUT2D eigenvalue weighted by Crippen LogP contribution is 2.47. The van der Waals surface area contributed by atoms with Crippen molar-refractivity contribution < 1.29 is 8.83 Å². The van der Waals surface area contributed by atoms with Gasteiger partial charge >= 0.3 is 0 Å². The number of allylic oxidation sites excluding steroid dienone is 4. The summed E-state index contributed by atoms with van der Waals surface area (Å²) in [5.74, 6) is 1.15. The number of para-hydroxylation sites is 6. The number of nitrogens with zero attached hydrogens (tertiary/aromatic N) is 3. The second-order valence-electron chi connectivity index (χ2n) is 15.8. The summed E-state index contributed by atoms with van der Waals surface area (Å²) in [7, 11) is 0. The molecule has 60 heavy (non-hydrogen) atoms. The molecule has 0 saturated carbocycles. The van der Waals surface area contributed by atoms with E-state index in [1.54, 1.807) is 0 Å². The molecule has 0 spiro atoms. The Bertz CT molecular complexity index is 3760. The zero-order chi connectivity index (χ0) is 39.3. The van der Waals surface area contributed by atoms with Gasteiger partial charge in [-0.1, -0.05) is 133 Å². The lowest BCUT2D eigenvalue weighted by molar-refractivity contribution is 0.665. The van der Waals surface area contributed by atoms with Crippen LogP contribution in [0.4, 0.5) is 0 Å². The van der Waals surface area contributed by atoms with Crippen molar-refractivity contribution >= 4 is 76.7 Å². The molecule has 8 aromatic carbocycles. The molecule has 1 aliphatic rings. The minimum absolute atomic E-state index is 0.291. The fourth-order valence-electron chi connectivity index (χ4n) is 9.77. The predicted molar refractivity (Wildman–Crippen MR) is 246 cm³/mol. The average Bonchev–Trinajstić information content (AvgIpc) is 4.08. The number of benzene rings is 8. The number of hydrogen-bond acceptors (Lipinski definition) is 3. The van der Waals surface area contributed by atoms with Crippen LogP contribution in [0.5, 0.6) is 0 Å². The van der Waals surface area contributed by atoms with Gasteiger partial charge in [0.25, 0.3) is 0 Å². The van der Waals surface area contributed by atoms with Gasteiger partial charge in [0, 0.05) is 55.0 Å². The maximum Gasteiger partial charge on any atom is 0.160 e. The summed E-state index contributed by atoms with van der Waals surface area (Å²) in [6, 6.07) is 60.3. The second-order valence-corrected chi connectivity index (χ2v) is 15.8. The molecule has 0 amide bonds. The third-order valence-electron chi connectivity index (χ3n) is 12.5. The first-order chi connectivity index (χ1) is 29.8. The molecule has 0 aliphatic heterocycles. The summed E-state index contributed by atoms with van der Waals surface area (Å²) < 4.78 is 18.8. The van der Waals surface area contributed by atoms with Gasteiger partial charge in [0.1, 0.15) is 17.0 Å². The van der Waals surface area contributed by atoms with Crippen LogP contribution in [-0.4, -0.2) is 14.1 Å². The van der Waals surface area contributed by atoms with Crippen molar-refractivity contribution in [3.63, 3.8) is 0 Å². The Balaban J connectivity index is 1.14. The van der Waals surface area contributed by atoms with Crippen molar-refractivity contribution in [1.29, 1.82) is 0 Å². The van der Waals surface area contributed by atoms with E-state index in [-0.39, 0.29) is 0 Å². The molecule has 0 bridgehead atoms. The van der Waals surface area contributed by atoms with E-state index in [1.165, 1.54) is 5.56 Å². The quantitative estimate of drug-likeness (QED) is 0.175. The van der Waals surface area contributed by atoms with Gasteiger partial charge < -0.3 is 13.4 Å². The van der Waals surface area contributed by atoms with Crippen LogP contribution in [0.2, 0.25) is 0 Å². The number of aromatic nitrogens is 3. The Labute approximate surface area is 344 Å². The zero-order valence-electron chi connectivity index (χ0n) is 32.4.